The Labute approximate surface area is 179 Å². The maximum absolute atomic E-state index is 13.5. The molecule has 2 aromatic rings. The summed E-state index contributed by atoms with van der Waals surface area (Å²) in [5, 5.41) is 10.4. The highest BCUT2D eigenvalue weighted by Crippen LogP contribution is 2.25. The molecule has 0 radical (unpaired) electrons. The Kier molecular flexibility index (Phi) is 8.70. The van der Waals surface area contributed by atoms with Crippen molar-refractivity contribution >= 4 is 41.8 Å². The van der Waals surface area contributed by atoms with Crippen LogP contribution < -0.4 is 10.6 Å². The monoisotopic (exact) mass is 456 g/mol. The Morgan fingerprint density at radius 2 is 1.86 bits per heavy atom. The number of carbonyl (C=O) groups excluding carboxylic acids is 1. The Bertz CT molecular complexity index is 852. The summed E-state index contributed by atoms with van der Waals surface area (Å²) < 4.78 is 42.0. The van der Waals surface area contributed by atoms with Crippen molar-refractivity contribution < 1.29 is 18.0 Å². The maximum atomic E-state index is 13.5. The molecule has 0 bridgehead atoms. The average Bonchev–Trinajstić information content (AvgIpc) is 2.87. The van der Waals surface area contributed by atoms with E-state index in [0.717, 1.165) is 0 Å². The molecule has 0 aromatic carbocycles. The quantitative estimate of drug-likeness (QED) is 0.735. The van der Waals surface area contributed by atoms with Crippen molar-refractivity contribution in [2.75, 3.05) is 32.7 Å². The minimum absolute atomic E-state index is 0. The Balaban J connectivity index is 0.00000210. The van der Waals surface area contributed by atoms with Crippen LogP contribution in [-0.2, 0) is 7.05 Å². The van der Waals surface area contributed by atoms with Gasteiger partial charge in [-0.1, -0.05) is 0 Å². The van der Waals surface area contributed by atoms with Crippen molar-refractivity contribution in [3.8, 4) is 0 Å². The lowest BCUT2D eigenvalue weighted by Gasteiger charge is -2.35. The fourth-order valence-corrected chi connectivity index (χ4v) is 3.39. The van der Waals surface area contributed by atoms with Crippen LogP contribution in [0.25, 0.3) is 11.0 Å². The second kappa shape index (κ2) is 9.92. The van der Waals surface area contributed by atoms with Crippen LogP contribution in [0.3, 0.4) is 0 Å². The largest absolute Gasteiger partial charge is 0.405 e. The summed E-state index contributed by atoms with van der Waals surface area (Å²) in [5.74, 6) is -0.561. The van der Waals surface area contributed by atoms with Gasteiger partial charge in [0.15, 0.2) is 5.65 Å². The molecule has 1 atom stereocenters. The van der Waals surface area contributed by atoms with Crippen LogP contribution in [0.2, 0.25) is 0 Å². The van der Waals surface area contributed by atoms with Crippen molar-refractivity contribution in [1.82, 2.24) is 30.3 Å². The normalized spacial score (nSPS) is 16.1. The number of aryl methyl sites for hydroxylation is 3. The molecular weight excluding hydrogens is 432 g/mol. The first-order valence-electron chi connectivity index (χ1n) is 8.79. The molecule has 12 heteroatoms. The minimum atomic E-state index is -4.41. The third kappa shape index (κ3) is 5.50. The zero-order valence-electron chi connectivity index (χ0n) is 16.3. The van der Waals surface area contributed by atoms with Gasteiger partial charge in [-0.05, 0) is 19.9 Å². The van der Waals surface area contributed by atoms with Crippen LogP contribution in [0.15, 0.2) is 6.07 Å². The van der Waals surface area contributed by atoms with Crippen LogP contribution >= 0.6 is 24.8 Å². The molecule has 1 amide bonds. The lowest BCUT2D eigenvalue weighted by atomic mass is 10.1. The number of halogens is 5. The van der Waals surface area contributed by atoms with Crippen LogP contribution in [-0.4, -0.2) is 70.5 Å². The lowest BCUT2D eigenvalue weighted by molar-refractivity contribution is -0.183. The van der Waals surface area contributed by atoms with Gasteiger partial charge in [0.05, 0.1) is 17.0 Å². The summed E-state index contributed by atoms with van der Waals surface area (Å²) in [6, 6.07) is -0.0661. The fourth-order valence-electron chi connectivity index (χ4n) is 3.39. The summed E-state index contributed by atoms with van der Waals surface area (Å²) in [6.07, 6.45) is -4.41. The van der Waals surface area contributed by atoms with Gasteiger partial charge in [-0.3, -0.25) is 14.4 Å². The van der Waals surface area contributed by atoms with Crippen molar-refractivity contribution in [3.05, 3.63) is 23.0 Å². The van der Waals surface area contributed by atoms with E-state index < -0.39 is 24.7 Å². The smallest absolute Gasteiger partial charge is 0.350 e. The molecule has 1 aliphatic rings. The van der Waals surface area contributed by atoms with Crippen LogP contribution in [0, 0.1) is 13.8 Å². The first kappa shape index (κ1) is 25.4. The third-order valence-electron chi connectivity index (χ3n) is 4.86. The molecule has 1 fully saturated rings. The molecule has 2 aromatic heterocycles. The summed E-state index contributed by atoms with van der Waals surface area (Å²) >= 11 is 0. The van der Waals surface area contributed by atoms with Gasteiger partial charge in [-0.15, -0.1) is 24.8 Å². The molecule has 0 aliphatic carbocycles. The second-order valence-electron chi connectivity index (χ2n) is 6.75. The highest BCUT2D eigenvalue weighted by molar-refractivity contribution is 5.98. The number of amides is 1. The van der Waals surface area contributed by atoms with Gasteiger partial charge in [0, 0.05) is 45.2 Å². The van der Waals surface area contributed by atoms with E-state index in [1.165, 1.54) is 4.90 Å². The highest BCUT2D eigenvalue weighted by atomic mass is 35.5. The van der Waals surface area contributed by atoms with E-state index in [-0.39, 0.29) is 30.4 Å². The molecule has 2 N–H and O–H groups in total. The molecule has 1 unspecified atom stereocenters. The Morgan fingerprint density at radius 1 is 1.24 bits per heavy atom. The number of carbonyl (C=O) groups is 1. The van der Waals surface area contributed by atoms with Crippen LogP contribution in [0.5, 0.6) is 0 Å². The molecular formula is C17H25Cl2F3N6O. The molecule has 29 heavy (non-hydrogen) atoms. The van der Waals surface area contributed by atoms with E-state index in [0.29, 0.717) is 48.6 Å². The van der Waals surface area contributed by atoms with Crippen molar-refractivity contribution in [1.29, 1.82) is 0 Å². The number of aromatic nitrogens is 3. The molecule has 164 valence electrons. The van der Waals surface area contributed by atoms with E-state index in [1.54, 1.807) is 31.6 Å². The van der Waals surface area contributed by atoms with Crippen molar-refractivity contribution in [2.45, 2.75) is 26.1 Å². The summed E-state index contributed by atoms with van der Waals surface area (Å²) in [5.41, 5.74) is 2.06. The van der Waals surface area contributed by atoms with Gasteiger partial charge in [0.25, 0.3) is 5.91 Å². The second-order valence-corrected chi connectivity index (χ2v) is 6.75. The number of nitrogens with zero attached hydrogens (tertiary/aromatic N) is 4. The molecule has 3 rings (SSSR count). The number of hydrogen-bond donors (Lipinski definition) is 2. The van der Waals surface area contributed by atoms with Gasteiger partial charge in [0.2, 0.25) is 0 Å². The third-order valence-corrected chi connectivity index (χ3v) is 4.86. The minimum Gasteiger partial charge on any atom is -0.350 e. The van der Waals surface area contributed by atoms with Gasteiger partial charge >= 0.3 is 6.18 Å². The van der Waals surface area contributed by atoms with Gasteiger partial charge < -0.3 is 10.6 Å². The molecule has 1 saturated heterocycles. The van der Waals surface area contributed by atoms with Gasteiger partial charge in [-0.2, -0.15) is 18.3 Å². The molecule has 3 heterocycles. The van der Waals surface area contributed by atoms with Crippen LogP contribution in [0.4, 0.5) is 13.2 Å². The predicted octanol–water partition coefficient (Wildman–Crippen LogP) is 1.99. The number of pyridine rings is 1. The number of piperazine rings is 1. The van der Waals surface area contributed by atoms with Crippen molar-refractivity contribution in [3.63, 3.8) is 0 Å². The fraction of sp³-hybridized carbons (Fsp3) is 0.588. The predicted molar refractivity (Wildman–Crippen MR) is 109 cm³/mol. The number of rotatable bonds is 4. The zero-order chi connectivity index (χ0) is 19.8. The van der Waals surface area contributed by atoms with E-state index in [1.807, 2.05) is 0 Å². The first-order chi connectivity index (χ1) is 12.7. The Hall–Kier alpha value is -1.62. The Morgan fingerprint density at radius 3 is 2.45 bits per heavy atom. The summed E-state index contributed by atoms with van der Waals surface area (Å²) in [4.78, 5) is 18.3. The molecule has 0 spiro atoms. The molecule has 7 nitrogen and oxygen atoms in total. The average molecular weight is 457 g/mol. The number of nitrogens with one attached hydrogen (secondary N) is 2. The number of alkyl halides is 3. The van der Waals surface area contributed by atoms with E-state index in [4.69, 9.17) is 0 Å². The number of hydrogen-bond acceptors (Lipinski definition) is 5. The van der Waals surface area contributed by atoms with E-state index in [9.17, 15) is 18.0 Å². The maximum Gasteiger partial charge on any atom is 0.405 e. The molecule has 1 aliphatic heterocycles. The van der Waals surface area contributed by atoms with Gasteiger partial charge in [0.1, 0.15) is 6.04 Å². The number of fused-ring (bicyclic) bond motifs is 1. The summed E-state index contributed by atoms with van der Waals surface area (Å²) in [6.45, 7) is 4.55. The van der Waals surface area contributed by atoms with E-state index >= 15 is 0 Å². The van der Waals surface area contributed by atoms with Crippen LogP contribution in [0.1, 0.15) is 21.7 Å². The highest BCUT2D eigenvalue weighted by Gasteiger charge is 2.43. The standard InChI is InChI=1S/C17H23F3N6O.2ClH/c1-10-13(8-12-11(2)24-25(3)15(12)23-10)16(27)22-9-14(17(18,19)20)26-6-4-21-5-7-26;;/h8,14,21H,4-7,9H2,1-3H3,(H,22,27);2*1H. The molecule has 0 saturated carbocycles. The SMILES string of the molecule is Cc1nc2c(cc1C(=O)NCC(N1CCNCC1)C(F)(F)F)c(C)nn2C.Cl.Cl. The topological polar surface area (TPSA) is 75.1 Å². The van der Waals surface area contributed by atoms with Gasteiger partial charge in [-0.25, -0.2) is 4.98 Å². The zero-order valence-corrected chi connectivity index (χ0v) is 18.0. The summed E-state index contributed by atoms with van der Waals surface area (Å²) in [7, 11) is 1.75. The lowest BCUT2D eigenvalue weighted by Crippen LogP contribution is -2.57. The van der Waals surface area contributed by atoms with Crippen molar-refractivity contribution in [2.24, 2.45) is 7.05 Å². The van der Waals surface area contributed by atoms with E-state index in [2.05, 4.69) is 20.7 Å². The first-order valence-corrected chi connectivity index (χ1v) is 8.79.